The van der Waals surface area contributed by atoms with Gasteiger partial charge in [0.15, 0.2) is 0 Å². The van der Waals surface area contributed by atoms with Crippen molar-refractivity contribution in [3.63, 3.8) is 0 Å². The summed E-state index contributed by atoms with van der Waals surface area (Å²) < 4.78 is 0. The standard InChI is InChI=1S/C15H15ClN2O/c1-17-15(19)11-6-4-7-13(9-11)18-10-12-5-2-3-8-14(12)16/h2-9,18H,10H2,1H3,(H,17,19). The van der Waals surface area contributed by atoms with Gasteiger partial charge in [0.05, 0.1) is 0 Å². The van der Waals surface area contributed by atoms with Crippen LogP contribution in [0.1, 0.15) is 15.9 Å². The first kappa shape index (κ1) is 13.4. The van der Waals surface area contributed by atoms with Crippen LogP contribution in [0.25, 0.3) is 0 Å². The summed E-state index contributed by atoms with van der Waals surface area (Å²) in [5.41, 5.74) is 2.54. The Kier molecular flexibility index (Phi) is 4.42. The van der Waals surface area contributed by atoms with Crippen LogP contribution in [0.3, 0.4) is 0 Å². The Morgan fingerprint density at radius 1 is 1.16 bits per heavy atom. The van der Waals surface area contributed by atoms with E-state index in [1.165, 1.54) is 0 Å². The van der Waals surface area contributed by atoms with Crippen LogP contribution in [-0.4, -0.2) is 13.0 Å². The maximum absolute atomic E-state index is 11.5. The molecule has 1 amide bonds. The number of benzene rings is 2. The van der Waals surface area contributed by atoms with E-state index in [-0.39, 0.29) is 5.91 Å². The number of rotatable bonds is 4. The van der Waals surface area contributed by atoms with E-state index in [0.29, 0.717) is 12.1 Å². The fourth-order valence-corrected chi connectivity index (χ4v) is 1.96. The van der Waals surface area contributed by atoms with E-state index in [4.69, 9.17) is 11.6 Å². The highest BCUT2D eigenvalue weighted by molar-refractivity contribution is 6.31. The van der Waals surface area contributed by atoms with Crippen molar-refractivity contribution in [3.05, 3.63) is 64.7 Å². The number of carbonyl (C=O) groups excluding carboxylic acids is 1. The molecule has 2 aromatic rings. The molecular formula is C15H15ClN2O. The van der Waals surface area contributed by atoms with Gasteiger partial charge < -0.3 is 10.6 Å². The molecule has 0 unspecified atom stereocenters. The van der Waals surface area contributed by atoms with Crippen molar-refractivity contribution in [2.24, 2.45) is 0 Å². The maximum Gasteiger partial charge on any atom is 0.251 e. The number of amides is 1. The topological polar surface area (TPSA) is 41.1 Å². The minimum atomic E-state index is -0.0959. The van der Waals surface area contributed by atoms with Gasteiger partial charge in [-0.05, 0) is 29.8 Å². The number of anilines is 1. The third kappa shape index (κ3) is 3.48. The van der Waals surface area contributed by atoms with E-state index in [0.717, 1.165) is 16.3 Å². The molecule has 4 heteroatoms. The van der Waals surface area contributed by atoms with Gasteiger partial charge in [0, 0.05) is 29.9 Å². The van der Waals surface area contributed by atoms with Crippen LogP contribution in [0.5, 0.6) is 0 Å². The largest absolute Gasteiger partial charge is 0.381 e. The minimum absolute atomic E-state index is 0.0959. The molecule has 0 saturated heterocycles. The lowest BCUT2D eigenvalue weighted by atomic mass is 10.1. The Hall–Kier alpha value is -2.00. The third-order valence-electron chi connectivity index (χ3n) is 2.79. The molecule has 0 aliphatic rings. The van der Waals surface area contributed by atoms with Gasteiger partial charge in [0.1, 0.15) is 0 Å². The third-order valence-corrected chi connectivity index (χ3v) is 3.16. The van der Waals surface area contributed by atoms with Crippen molar-refractivity contribution in [1.29, 1.82) is 0 Å². The van der Waals surface area contributed by atoms with E-state index < -0.39 is 0 Å². The van der Waals surface area contributed by atoms with Crippen molar-refractivity contribution in [2.45, 2.75) is 6.54 Å². The van der Waals surface area contributed by atoms with Gasteiger partial charge in [0.25, 0.3) is 5.91 Å². The first-order valence-corrected chi connectivity index (χ1v) is 6.38. The van der Waals surface area contributed by atoms with E-state index >= 15 is 0 Å². The molecule has 0 fully saturated rings. The highest BCUT2D eigenvalue weighted by atomic mass is 35.5. The highest BCUT2D eigenvalue weighted by Crippen LogP contribution is 2.17. The Labute approximate surface area is 117 Å². The van der Waals surface area contributed by atoms with Crippen molar-refractivity contribution in [3.8, 4) is 0 Å². The van der Waals surface area contributed by atoms with E-state index in [2.05, 4.69) is 10.6 Å². The van der Waals surface area contributed by atoms with Crippen molar-refractivity contribution in [2.75, 3.05) is 12.4 Å². The van der Waals surface area contributed by atoms with Crippen LogP contribution in [0, 0.1) is 0 Å². The van der Waals surface area contributed by atoms with Crippen LogP contribution < -0.4 is 10.6 Å². The van der Waals surface area contributed by atoms with E-state index in [9.17, 15) is 4.79 Å². The molecule has 2 rings (SSSR count). The van der Waals surface area contributed by atoms with E-state index in [1.807, 2.05) is 42.5 Å². The van der Waals surface area contributed by atoms with Crippen LogP contribution in [0.2, 0.25) is 5.02 Å². The Morgan fingerprint density at radius 3 is 2.68 bits per heavy atom. The second-order valence-corrected chi connectivity index (χ2v) is 4.51. The first-order chi connectivity index (χ1) is 9.20. The summed E-state index contributed by atoms with van der Waals surface area (Å²) in [5, 5.41) is 6.59. The highest BCUT2D eigenvalue weighted by Gasteiger charge is 2.04. The van der Waals surface area contributed by atoms with Gasteiger partial charge in [-0.1, -0.05) is 35.9 Å². The number of nitrogens with one attached hydrogen (secondary N) is 2. The maximum atomic E-state index is 11.5. The average molecular weight is 275 g/mol. The van der Waals surface area contributed by atoms with Crippen molar-refractivity contribution < 1.29 is 4.79 Å². The van der Waals surface area contributed by atoms with Gasteiger partial charge in [0.2, 0.25) is 0 Å². The van der Waals surface area contributed by atoms with Crippen LogP contribution in [-0.2, 0) is 6.54 Å². The average Bonchev–Trinajstić information content (AvgIpc) is 2.46. The predicted molar refractivity (Wildman–Crippen MR) is 78.6 cm³/mol. The lowest BCUT2D eigenvalue weighted by molar-refractivity contribution is 0.0963. The molecule has 0 saturated carbocycles. The Balaban J connectivity index is 2.08. The number of carbonyl (C=O) groups is 1. The number of hydrogen-bond donors (Lipinski definition) is 2. The molecule has 2 aromatic carbocycles. The fraction of sp³-hybridized carbons (Fsp3) is 0.133. The molecule has 0 atom stereocenters. The molecule has 0 radical (unpaired) electrons. The monoisotopic (exact) mass is 274 g/mol. The number of hydrogen-bond acceptors (Lipinski definition) is 2. The smallest absolute Gasteiger partial charge is 0.251 e. The SMILES string of the molecule is CNC(=O)c1cccc(NCc2ccccc2Cl)c1. The second kappa shape index (κ2) is 6.25. The van der Waals surface area contributed by atoms with Crippen LogP contribution in [0.4, 0.5) is 5.69 Å². The summed E-state index contributed by atoms with van der Waals surface area (Å²) in [5.74, 6) is -0.0959. The molecule has 0 spiro atoms. The van der Waals surface area contributed by atoms with Gasteiger partial charge in [-0.25, -0.2) is 0 Å². The van der Waals surface area contributed by atoms with E-state index in [1.54, 1.807) is 13.1 Å². The Morgan fingerprint density at radius 2 is 1.95 bits per heavy atom. The van der Waals surface area contributed by atoms with Gasteiger partial charge in [-0.3, -0.25) is 4.79 Å². The molecule has 0 aliphatic carbocycles. The molecule has 19 heavy (non-hydrogen) atoms. The van der Waals surface area contributed by atoms with Crippen molar-refractivity contribution >= 4 is 23.2 Å². The molecule has 2 N–H and O–H groups in total. The van der Waals surface area contributed by atoms with Gasteiger partial charge in [-0.2, -0.15) is 0 Å². The molecule has 0 aliphatic heterocycles. The zero-order valence-electron chi connectivity index (χ0n) is 10.6. The number of halogens is 1. The minimum Gasteiger partial charge on any atom is -0.381 e. The van der Waals surface area contributed by atoms with Crippen LogP contribution in [0.15, 0.2) is 48.5 Å². The quantitative estimate of drug-likeness (QED) is 0.898. The predicted octanol–water partition coefficient (Wildman–Crippen LogP) is 3.31. The van der Waals surface area contributed by atoms with Crippen molar-refractivity contribution in [1.82, 2.24) is 5.32 Å². The lowest BCUT2D eigenvalue weighted by Gasteiger charge is -2.09. The lowest BCUT2D eigenvalue weighted by Crippen LogP contribution is -2.17. The van der Waals surface area contributed by atoms with Gasteiger partial charge >= 0.3 is 0 Å². The molecule has 98 valence electrons. The summed E-state index contributed by atoms with van der Waals surface area (Å²) in [6, 6.07) is 15.0. The summed E-state index contributed by atoms with van der Waals surface area (Å²) in [6.07, 6.45) is 0. The molecule has 0 aromatic heterocycles. The first-order valence-electron chi connectivity index (χ1n) is 6.00. The zero-order chi connectivity index (χ0) is 13.7. The summed E-state index contributed by atoms with van der Waals surface area (Å²) >= 11 is 6.09. The van der Waals surface area contributed by atoms with Gasteiger partial charge in [-0.15, -0.1) is 0 Å². The second-order valence-electron chi connectivity index (χ2n) is 4.10. The Bertz CT molecular complexity index is 584. The molecule has 0 bridgehead atoms. The molecule has 3 nitrogen and oxygen atoms in total. The molecular weight excluding hydrogens is 260 g/mol. The summed E-state index contributed by atoms with van der Waals surface area (Å²) in [7, 11) is 1.62. The summed E-state index contributed by atoms with van der Waals surface area (Å²) in [6.45, 7) is 0.622. The normalized spacial score (nSPS) is 10.0. The molecule has 0 heterocycles. The summed E-state index contributed by atoms with van der Waals surface area (Å²) in [4.78, 5) is 11.5. The zero-order valence-corrected chi connectivity index (χ0v) is 11.4. The van der Waals surface area contributed by atoms with Crippen LogP contribution >= 0.6 is 11.6 Å². The fourth-order valence-electron chi connectivity index (χ4n) is 1.75.